The Bertz CT molecular complexity index is 1980. The molecule has 17 heteroatoms. The van der Waals surface area contributed by atoms with Crippen molar-refractivity contribution in [3.63, 3.8) is 0 Å². The standard InChI is InChI=1S/C34H40ClF3N8O5/c1-19-23(35)9-8-10-24(19)45-25(34(36,37)38)16-22-26(40-20-12-14-44(21(15-20)11-13-39)31(48)51-32(2,3)4)28(46(49)50)29(41-27(22)30(45)47)43-17-33(5,18-43)42(6)7/h8-10,16,20-21H,11-12,14-15,17-18H2,1-7H3,(H,40,41)/t20-,21+/m0/s1. The third kappa shape index (κ3) is 7.27. The summed E-state index contributed by atoms with van der Waals surface area (Å²) in [5.74, 6) is -0.166. The van der Waals surface area contributed by atoms with E-state index in [1.165, 1.54) is 30.0 Å². The third-order valence-electron chi connectivity index (χ3n) is 9.53. The molecular weight excluding hydrogens is 693 g/mol. The van der Waals surface area contributed by atoms with Gasteiger partial charge in [-0.1, -0.05) is 17.7 Å². The minimum absolute atomic E-state index is 0.0827. The predicted octanol–water partition coefficient (Wildman–Crippen LogP) is 6.51. The van der Waals surface area contributed by atoms with Crippen molar-refractivity contribution in [3.8, 4) is 11.8 Å². The maximum atomic E-state index is 14.9. The van der Waals surface area contributed by atoms with E-state index in [1.807, 2.05) is 25.9 Å². The lowest BCUT2D eigenvalue weighted by Crippen LogP contribution is -2.67. The summed E-state index contributed by atoms with van der Waals surface area (Å²) in [6.07, 6.45) is -5.45. The summed E-state index contributed by atoms with van der Waals surface area (Å²) >= 11 is 6.27. The summed E-state index contributed by atoms with van der Waals surface area (Å²) in [6, 6.07) is 5.70. The Kier molecular flexibility index (Phi) is 9.96. The van der Waals surface area contributed by atoms with Crippen LogP contribution in [0.4, 0.5) is 35.2 Å². The first-order chi connectivity index (χ1) is 23.7. The van der Waals surface area contributed by atoms with Crippen molar-refractivity contribution in [2.75, 3.05) is 43.9 Å². The summed E-state index contributed by atoms with van der Waals surface area (Å²) in [5, 5.41) is 25.3. The fourth-order valence-corrected chi connectivity index (χ4v) is 6.75. The van der Waals surface area contributed by atoms with Crippen molar-refractivity contribution in [2.24, 2.45) is 0 Å². The van der Waals surface area contributed by atoms with Crippen molar-refractivity contribution < 1.29 is 27.6 Å². The number of anilines is 2. The molecule has 13 nitrogen and oxygen atoms in total. The number of nitrogens with zero attached hydrogens (tertiary/aromatic N) is 7. The molecular formula is C34H40ClF3N8O5. The van der Waals surface area contributed by atoms with Gasteiger partial charge in [0.2, 0.25) is 5.82 Å². The zero-order chi connectivity index (χ0) is 37.8. The number of ether oxygens (including phenoxy) is 1. The van der Waals surface area contributed by atoms with Crippen LogP contribution in [0.3, 0.4) is 0 Å². The molecule has 274 valence electrons. The van der Waals surface area contributed by atoms with Crippen LogP contribution in [0.15, 0.2) is 29.1 Å². The molecule has 2 fully saturated rings. The number of pyridine rings is 2. The number of nitriles is 1. The van der Waals surface area contributed by atoms with Gasteiger partial charge in [0.1, 0.15) is 22.5 Å². The van der Waals surface area contributed by atoms with E-state index >= 15 is 0 Å². The van der Waals surface area contributed by atoms with E-state index < -0.39 is 62.9 Å². The molecule has 0 unspecified atom stereocenters. The van der Waals surface area contributed by atoms with Crippen LogP contribution in [0, 0.1) is 28.4 Å². The van der Waals surface area contributed by atoms with E-state index in [0.717, 1.165) is 0 Å². The first-order valence-corrected chi connectivity index (χ1v) is 16.7. The van der Waals surface area contributed by atoms with Crippen molar-refractivity contribution in [3.05, 3.63) is 61.0 Å². The van der Waals surface area contributed by atoms with Gasteiger partial charge in [-0.15, -0.1) is 0 Å². The lowest BCUT2D eigenvalue weighted by atomic mass is 9.90. The maximum absolute atomic E-state index is 14.9. The van der Waals surface area contributed by atoms with E-state index in [2.05, 4.69) is 16.4 Å². The second-order valence-electron chi connectivity index (χ2n) is 14.5. The van der Waals surface area contributed by atoms with Gasteiger partial charge in [0, 0.05) is 42.1 Å². The Morgan fingerprint density at radius 1 is 1.27 bits per heavy atom. The van der Waals surface area contributed by atoms with Crippen molar-refractivity contribution in [1.82, 2.24) is 19.4 Å². The molecule has 51 heavy (non-hydrogen) atoms. The van der Waals surface area contributed by atoms with Gasteiger partial charge in [0.25, 0.3) is 5.56 Å². The topological polar surface area (TPSA) is 150 Å². The van der Waals surface area contributed by atoms with Crippen LogP contribution < -0.4 is 15.8 Å². The van der Waals surface area contributed by atoms with E-state index in [-0.39, 0.29) is 59.0 Å². The molecule has 2 aromatic heterocycles. The Morgan fingerprint density at radius 3 is 2.51 bits per heavy atom. The number of fused-ring (bicyclic) bond motifs is 1. The van der Waals surface area contributed by atoms with Gasteiger partial charge in [-0.3, -0.25) is 19.5 Å². The van der Waals surface area contributed by atoms with E-state index in [9.17, 15) is 38.1 Å². The summed E-state index contributed by atoms with van der Waals surface area (Å²) in [4.78, 5) is 49.0. The SMILES string of the molecule is Cc1c(Cl)cccc1-n1c(C(F)(F)F)cc2c(N[C@H]3CCN(C(=O)OC(C)(C)C)[C@H](CC#N)C3)c([N+](=O)[O-])c(N3CC(C)(N(C)C)C3)nc2c1=O. The van der Waals surface area contributed by atoms with Crippen LogP contribution in [-0.2, 0) is 10.9 Å². The number of nitrogens with one attached hydrogen (secondary N) is 1. The molecule has 0 radical (unpaired) electrons. The minimum atomic E-state index is -5.07. The second kappa shape index (κ2) is 13.5. The molecule has 5 rings (SSSR count). The van der Waals surface area contributed by atoms with E-state index in [1.54, 1.807) is 25.7 Å². The fraction of sp³-hybridized carbons (Fsp3) is 0.529. The number of carbonyl (C=O) groups is 1. The predicted molar refractivity (Wildman–Crippen MR) is 187 cm³/mol. The molecule has 2 saturated heterocycles. The number of hydrogen-bond acceptors (Lipinski definition) is 10. The smallest absolute Gasteiger partial charge is 0.431 e. The Balaban J connectivity index is 1.73. The molecule has 0 aliphatic carbocycles. The van der Waals surface area contributed by atoms with Gasteiger partial charge in [0.15, 0.2) is 0 Å². The molecule has 0 bridgehead atoms. The molecule has 1 amide bonds. The number of aromatic nitrogens is 2. The van der Waals surface area contributed by atoms with Crippen LogP contribution >= 0.6 is 11.6 Å². The van der Waals surface area contributed by atoms with Gasteiger partial charge in [-0.25, -0.2) is 9.78 Å². The zero-order valence-corrected chi connectivity index (χ0v) is 30.1. The Hall–Kier alpha value is -4.62. The lowest BCUT2D eigenvalue weighted by Gasteiger charge is -2.52. The summed E-state index contributed by atoms with van der Waals surface area (Å²) in [7, 11) is 3.72. The summed E-state index contributed by atoms with van der Waals surface area (Å²) in [5.41, 5.74) is -4.90. The molecule has 1 N–H and O–H groups in total. The summed E-state index contributed by atoms with van der Waals surface area (Å²) in [6.45, 7) is 9.25. The molecule has 3 aromatic rings. The number of halogens is 4. The molecule has 4 heterocycles. The quantitative estimate of drug-likeness (QED) is 0.210. The van der Waals surface area contributed by atoms with Crippen molar-refractivity contribution in [1.29, 1.82) is 5.26 Å². The average Bonchev–Trinajstić information content (AvgIpc) is 2.99. The largest absolute Gasteiger partial charge is 0.444 e. The van der Waals surface area contributed by atoms with Gasteiger partial charge < -0.3 is 24.8 Å². The van der Waals surface area contributed by atoms with Gasteiger partial charge in [0.05, 0.1) is 28.6 Å². The highest BCUT2D eigenvalue weighted by molar-refractivity contribution is 6.31. The normalized spacial score (nSPS) is 19.1. The number of likely N-dealkylation sites (tertiary alicyclic amines) is 1. The molecule has 2 aliphatic rings. The highest BCUT2D eigenvalue weighted by Gasteiger charge is 2.46. The van der Waals surface area contributed by atoms with Crippen LogP contribution in [0.1, 0.15) is 58.2 Å². The lowest BCUT2D eigenvalue weighted by molar-refractivity contribution is -0.383. The highest BCUT2D eigenvalue weighted by atomic mass is 35.5. The van der Waals surface area contributed by atoms with Crippen LogP contribution in [0.5, 0.6) is 0 Å². The molecule has 1 aromatic carbocycles. The average molecular weight is 733 g/mol. The van der Waals surface area contributed by atoms with Gasteiger partial charge in [-0.2, -0.15) is 18.4 Å². The zero-order valence-electron chi connectivity index (χ0n) is 29.4. The van der Waals surface area contributed by atoms with E-state index in [4.69, 9.17) is 16.3 Å². The number of benzene rings is 1. The number of piperidine rings is 1. The molecule has 2 atom stereocenters. The Morgan fingerprint density at radius 2 is 1.94 bits per heavy atom. The van der Waals surface area contributed by atoms with Crippen molar-refractivity contribution >= 4 is 45.8 Å². The van der Waals surface area contributed by atoms with Gasteiger partial charge >= 0.3 is 18.0 Å². The number of carbonyl (C=O) groups excluding carboxylic acids is 1. The first kappa shape index (κ1) is 37.6. The fourth-order valence-electron chi connectivity index (χ4n) is 6.58. The summed E-state index contributed by atoms with van der Waals surface area (Å²) < 4.78 is 50.6. The number of hydrogen-bond donors (Lipinski definition) is 1. The van der Waals surface area contributed by atoms with E-state index in [0.29, 0.717) is 23.7 Å². The van der Waals surface area contributed by atoms with Gasteiger partial charge in [-0.05, 0) is 85.3 Å². The van der Waals surface area contributed by atoms with Crippen LogP contribution in [0.2, 0.25) is 5.02 Å². The number of rotatable bonds is 7. The maximum Gasteiger partial charge on any atom is 0.431 e. The number of nitro groups is 1. The molecule has 0 saturated carbocycles. The number of alkyl halides is 3. The highest BCUT2D eigenvalue weighted by Crippen LogP contribution is 2.45. The van der Waals surface area contributed by atoms with Crippen LogP contribution in [-0.4, -0.2) is 87.3 Å². The second-order valence-corrected chi connectivity index (χ2v) is 14.9. The molecule has 2 aliphatic heterocycles. The Labute approximate surface area is 297 Å². The minimum Gasteiger partial charge on any atom is -0.444 e. The van der Waals surface area contributed by atoms with Crippen molar-refractivity contribution in [2.45, 2.75) is 83.3 Å². The monoisotopic (exact) mass is 732 g/mol. The molecule has 0 spiro atoms. The third-order valence-corrected chi connectivity index (χ3v) is 9.94. The van der Waals surface area contributed by atoms with Crippen LogP contribution in [0.25, 0.3) is 16.6 Å². The first-order valence-electron chi connectivity index (χ1n) is 16.3. The number of amides is 1. The number of likely N-dealkylation sites (N-methyl/N-ethyl adjacent to an activating group) is 1.